The Morgan fingerprint density at radius 2 is 2.04 bits per heavy atom. The number of carbonyl (C=O) groups is 2. The lowest BCUT2D eigenvalue weighted by molar-refractivity contribution is -0.128. The first-order valence-electron chi connectivity index (χ1n) is 9.69. The molecular weight excluding hydrogens is 358 g/mol. The van der Waals surface area contributed by atoms with E-state index in [-0.39, 0.29) is 23.3 Å². The fourth-order valence-electron chi connectivity index (χ4n) is 3.78. The highest BCUT2D eigenvalue weighted by molar-refractivity contribution is 5.93. The molecule has 0 spiro atoms. The van der Waals surface area contributed by atoms with E-state index in [9.17, 15) is 9.59 Å². The molecule has 2 aliphatic heterocycles. The topological polar surface area (TPSA) is 100 Å². The maximum Gasteiger partial charge on any atom is 0.271 e. The zero-order chi connectivity index (χ0) is 19.6. The molecule has 8 heteroatoms. The molecule has 1 unspecified atom stereocenters. The molecule has 0 bridgehead atoms. The molecular formula is C20H25N5O3. The third kappa shape index (κ3) is 3.91. The predicted octanol–water partition coefficient (Wildman–Crippen LogP) is 1.62. The summed E-state index contributed by atoms with van der Waals surface area (Å²) in [6.45, 7) is 4.40. The van der Waals surface area contributed by atoms with Gasteiger partial charge in [-0.2, -0.15) is 5.10 Å². The first-order valence-corrected chi connectivity index (χ1v) is 9.69. The zero-order valence-electron chi connectivity index (χ0n) is 16.0. The Hall–Kier alpha value is -2.74. The average molecular weight is 383 g/mol. The SMILES string of the molecule is CC1(NC(=O)C2CCN(C(=O)c3cc(-c4ccncc4)n[nH]3)CC2)CCOC1. The van der Waals surface area contributed by atoms with Gasteiger partial charge in [-0.1, -0.05) is 0 Å². The quantitative estimate of drug-likeness (QED) is 0.836. The Morgan fingerprint density at radius 1 is 1.29 bits per heavy atom. The van der Waals surface area contributed by atoms with Gasteiger partial charge in [-0.3, -0.25) is 19.7 Å². The number of carbonyl (C=O) groups excluding carboxylic acids is 2. The molecule has 1 atom stereocenters. The lowest BCUT2D eigenvalue weighted by Gasteiger charge is -2.33. The molecule has 2 aromatic heterocycles. The van der Waals surface area contributed by atoms with Crippen LogP contribution in [-0.2, 0) is 9.53 Å². The third-order valence-electron chi connectivity index (χ3n) is 5.58. The summed E-state index contributed by atoms with van der Waals surface area (Å²) in [7, 11) is 0. The van der Waals surface area contributed by atoms with Gasteiger partial charge in [-0.25, -0.2) is 0 Å². The second-order valence-electron chi connectivity index (χ2n) is 7.82. The Bertz CT molecular complexity index is 837. The second-order valence-corrected chi connectivity index (χ2v) is 7.82. The van der Waals surface area contributed by atoms with Gasteiger partial charge in [0.15, 0.2) is 0 Å². The summed E-state index contributed by atoms with van der Waals surface area (Å²) in [5, 5.41) is 10.2. The summed E-state index contributed by atoms with van der Waals surface area (Å²) in [5.41, 5.74) is 1.82. The summed E-state index contributed by atoms with van der Waals surface area (Å²) in [4.78, 5) is 31.1. The third-order valence-corrected chi connectivity index (χ3v) is 5.58. The van der Waals surface area contributed by atoms with E-state index in [4.69, 9.17) is 4.74 Å². The van der Waals surface area contributed by atoms with Gasteiger partial charge in [0.2, 0.25) is 5.91 Å². The fourth-order valence-corrected chi connectivity index (χ4v) is 3.78. The van der Waals surface area contributed by atoms with Crippen LogP contribution in [0.4, 0.5) is 0 Å². The van der Waals surface area contributed by atoms with E-state index in [1.54, 1.807) is 23.4 Å². The normalized spacial score (nSPS) is 23.0. The van der Waals surface area contributed by atoms with Crippen molar-refractivity contribution in [3.8, 4) is 11.3 Å². The first-order chi connectivity index (χ1) is 13.5. The zero-order valence-corrected chi connectivity index (χ0v) is 16.0. The number of piperidine rings is 1. The standard InChI is InChI=1S/C20H25N5O3/c1-20(6-11-28-13-20)22-18(26)15-4-9-25(10-5-15)19(27)17-12-16(23-24-17)14-2-7-21-8-3-14/h2-3,7-8,12,15H,4-6,9-11,13H2,1H3,(H,22,26)(H,23,24). The van der Waals surface area contributed by atoms with Crippen LogP contribution in [0.1, 0.15) is 36.7 Å². The Kier molecular flexibility index (Phi) is 5.13. The Labute approximate surface area is 163 Å². The lowest BCUT2D eigenvalue weighted by Crippen LogP contribution is -2.51. The molecule has 4 heterocycles. The molecule has 0 aromatic carbocycles. The average Bonchev–Trinajstić information content (AvgIpc) is 3.38. The molecule has 4 rings (SSSR count). The van der Waals surface area contributed by atoms with Gasteiger partial charge in [0.25, 0.3) is 5.91 Å². The van der Waals surface area contributed by atoms with Crippen molar-refractivity contribution in [3.63, 3.8) is 0 Å². The molecule has 0 aliphatic carbocycles. The second kappa shape index (κ2) is 7.71. The Balaban J connectivity index is 1.33. The van der Waals surface area contributed by atoms with E-state index < -0.39 is 0 Å². The van der Waals surface area contributed by atoms with E-state index in [1.165, 1.54) is 0 Å². The maximum atomic E-state index is 12.8. The van der Waals surface area contributed by atoms with Crippen LogP contribution in [0.3, 0.4) is 0 Å². The highest BCUT2D eigenvalue weighted by Gasteiger charge is 2.35. The van der Waals surface area contributed by atoms with Crippen LogP contribution in [0.5, 0.6) is 0 Å². The predicted molar refractivity (Wildman–Crippen MR) is 102 cm³/mol. The molecule has 2 N–H and O–H groups in total. The summed E-state index contributed by atoms with van der Waals surface area (Å²) >= 11 is 0. The number of aromatic nitrogens is 3. The molecule has 148 valence electrons. The first kappa shape index (κ1) is 18.6. The van der Waals surface area contributed by atoms with E-state index in [1.807, 2.05) is 19.1 Å². The smallest absolute Gasteiger partial charge is 0.271 e. The van der Waals surface area contributed by atoms with Crippen LogP contribution < -0.4 is 5.32 Å². The number of pyridine rings is 1. The lowest BCUT2D eigenvalue weighted by atomic mass is 9.93. The van der Waals surface area contributed by atoms with Gasteiger partial charge in [-0.15, -0.1) is 0 Å². The van der Waals surface area contributed by atoms with Gasteiger partial charge in [0, 0.05) is 43.6 Å². The summed E-state index contributed by atoms with van der Waals surface area (Å²) in [6, 6.07) is 5.46. The number of ether oxygens (including phenoxy) is 1. The van der Waals surface area contributed by atoms with Crippen LogP contribution in [0.25, 0.3) is 11.3 Å². The molecule has 2 amide bonds. The summed E-state index contributed by atoms with van der Waals surface area (Å²) in [6.07, 6.45) is 5.56. The summed E-state index contributed by atoms with van der Waals surface area (Å²) < 4.78 is 5.40. The molecule has 8 nitrogen and oxygen atoms in total. The van der Waals surface area contributed by atoms with Crippen molar-refractivity contribution in [1.29, 1.82) is 0 Å². The van der Waals surface area contributed by atoms with Crippen molar-refractivity contribution in [1.82, 2.24) is 25.4 Å². The highest BCUT2D eigenvalue weighted by atomic mass is 16.5. The van der Waals surface area contributed by atoms with E-state index >= 15 is 0 Å². The van der Waals surface area contributed by atoms with Crippen molar-refractivity contribution < 1.29 is 14.3 Å². The van der Waals surface area contributed by atoms with Crippen LogP contribution in [0, 0.1) is 5.92 Å². The Morgan fingerprint density at radius 3 is 2.71 bits per heavy atom. The van der Waals surface area contributed by atoms with E-state index in [0.717, 1.165) is 12.0 Å². The van der Waals surface area contributed by atoms with Crippen LogP contribution in [0.2, 0.25) is 0 Å². The summed E-state index contributed by atoms with van der Waals surface area (Å²) in [5.74, 6) is -0.0694. The number of H-pyrrole nitrogens is 1. The minimum absolute atomic E-state index is 0.0596. The number of hydrogen-bond acceptors (Lipinski definition) is 5. The molecule has 2 fully saturated rings. The molecule has 2 aromatic rings. The number of hydrogen-bond donors (Lipinski definition) is 2. The maximum absolute atomic E-state index is 12.8. The molecule has 2 aliphatic rings. The van der Waals surface area contributed by atoms with Gasteiger partial charge in [-0.05, 0) is 44.4 Å². The van der Waals surface area contributed by atoms with Crippen molar-refractivity contribution in [2.75, 3.05) is 26.3 Å². The van der Waals surface area contributed by atoms with Crippen molar-refractivity contribution in [3.05, 3.63) is 36.3 Å². The van der Waals surface area contributed by atoms with E-state index in [2.05, 4.69) is 20.5 Å². The number of aromatic amines is 1. The number of nitrogens with one attached hydrogen (secondary N) is 2. The number of nitrogens with zero attached hydrogens (tertiary/aromatic N) is 3. The highest BCUT2D eigenvalue weighted by Crippen LogP contribution is 2.23. The number of amides is 2. The molecule has 0 radical (unpaired) electrons. The number of rotatable bonds is 4. The van der Waals surface area contributed by atoms with Crippen LogP contribution in [0.15, 0.2) is 30.6 Å². The van der Waals surface area contributed by atoms with Crippen LogP contribution in [-0.4, -0.2) is 63.7 Å². The van der Waals surface area contributed by atoms with Gasteiger partial charge >= 0.3 is 0 Å². The molecule has 28 heavy (non-hydrogen) atoms. The van der Waals surface area contributed by atoms with Crippen molar-refractivity contribution >= 4 is 11.8 Å². The number of likely N-dealkylation sites (tertiary alicyclic amines) is 1. The minimum atomic E-state index is -0.261. The minimum Gasteiger partial charge on any atom is -0.379 e. The van der Waals surface area contributed by atoms with E-state index in [0.29, 0.717) is 50.5 Å². The monoisotopic (exact) mass is 383 g/mol. The van der Waals surface area contributed by atoms with Gasteiger partial charge < -0.3 is 15.0 Å². The van der Waals surface area contributed by atoms with Crippen molar-refractivity contribution in [2.45, 2.75) is 31.7 Å². The van der Waals surface area contributed by atoms with Gasteiger partial charge in [0.05, 0.1) is 17.8 Å². The largest absolute Gasteiger partial charge is 0.379 e. The fraction of sp³-hybridized carbons (Fsp3) is 0.500. The van der Waals surface area contributed by atoms with Crippen LogP contribution >= 0.6 is 0 Å². The molecule has 2 saturated heterocycles. The molecule has 0 saturated carbocycles. The van der Waals surface area contributed by atoms with Gasteiger partial charge in [0.1, 0.15) is 5.69 Å². The van der Waals surface area contributed by atoms with Crippen molar-refractivity contribution in [2.24, 2.45) is 5.92 Å².